The van der Waals surface area contributed by atoms with Crippen LogP contribution in [0.3, 0.4) is 0 Å². The van der Waals surface area contributed by atoms with Gasteiger partial charge in [0.25, 0.3) is 0 Å². The van der Waals surface area contributed by atoms with Crippen molar-refractivity contribution in [3.63, 3.8) is 0 Å². The molecule has 0 heterocycles. The standard InChI is InChI=1S/C17H32N2O/c1-17(2,3)13-10-8-12(9-11-13)15(18)16(20)19(4)14-6-5-7-14/h12-15H,5-11,18H2,1-4H3. The van der Waals surface area contributed by atoms with E-state index in [4.69, 9.17) is 5.73 Å². The Morgan fingerprint density at radius 2 is 1.65 bits per heavy atom. The minimum Gasteiger partial charge on any atom is -0.341 e. The van der Waals surface area contributed by atoms with Crippen molar-refractivity contribution in [2.24, 2.45) is 23.0 Å². The SMILES string of the molecule is CN(C(=O)C(N)C1CCC(C(C)(C)C)CC1)C1CCC1. The van der Waals surface area contributed by atoms with E-state index in [0.717, 1.165) is 31.6 Å². The minimum atomic E-state index is -0.276. The summed E-state index contributed by atoms with van der Waals surface area (Å²) in [5, 5.41) is 0. The largest absolute Gasteiger partial charge is 0.341 e. The van der Waals surface area contributed by atoms with Crippen LogP contribution in [0.15, 0.2) is 0 Å². The summed E-state index contributed by atoms with van der Waals surface area (Å²) >= 11 is 0. The Balaban J connectivity index is 1.84. The summed E-state index contributed by atoms with van der Waals surface area (Å²) in [6.07, 6.45) is 8.26. The third-order valence-electron chi connectivity index (χ3n) is 5.76. The molecule has 3 nitrogen and oxygen atoms in total. The predicted octanol–water partition coefficient (Wildman–Crippen LogP) is 3.18. The van der Waals surface area contributed by atoms with Crippen molar-refractivity contribution in [3.05, 3.63) is 0 Å². The van der Waals surface area contributed by atoms with Gasteiger partial charge in [-0.15, -0.1) is 0 Å². The van der Waals surface area contributed by atoms with Crippen LogP contribution >= 0.6 is 0 Å². The molecule has 0 saturated heterocycles. The normalized spacial score (nSPS) is 29.6. The molecule has 3 heteroatoms. The molecule has 1 unspecified atom stereocenters. The van der Waals surface area contributed by atoms with Gasteiger partial charge in [0.1, 0.15) is 0 Å². The van der Waals surface area contributed by atoms with Gasteiger partial charge in [-0.2, -0.15) is 0 Å². The topological polar surface area (TPSA) is 46.3 Å². The minimum absolute atomic E-state index is 0.175. The molecule has 0 aromatic heterocycles. The lowest BCUT2D eigenvalue weighted by atomic mass is 9.68. The molecule has 20 heavy (non-hydrogen) atoms. The van der Waals surface area contributed by atoms with Gasteiger partial charge in [0.05, 0.1) is 6.04 Å². The molecular formula is C17H32N2O. The molecule has 0 aliphatic heterocycles. The lowest BCUT2D eigenvalue weighted by Gasteiger charge is -2.41. The van der Waals surface area contributed by atoms with E-state index in [2.05, 4.69) is 20.8 Å². The molecule has 1 atom stereocenters. The highest BCUT2D eigenvalue weighted by Gasteiger charge is 2.36. The second-order valence-electron chi connectivity index (χ2n) is 8.04. The highest BCUT2D eigenvalue weighted by Crippen LogP contribution is 2.40. The van der Waals surface area contributed by atoms with Crippen molar-refractivity contribution in [2.45, 2.75) is 77.8 Å². The summed E-state index contributed by atoms with van der Waals surface area (Å²) in [6.45, 7) is 6.98. The molecule has 2 aliphatic rings. The third-order valence-corrected chi connectivity index (χ3v) is 5.76. The van der Waals surface area contributed by atoms with Crippen LogP contribution in [0.25, 0.3) is 0 Å². The number of nitrogens with zero attached hydrogens (tertiary/aromatic N) is 1. The van der Waals surface area contributed by atoms with E-state index in [9.17, 15) is 4.79 Å². The van der Waals surface area contributed by atoms with E-state index in [1.807, 2.05) is 11.9 Å². The van der Waals surface area contributed by atoms with Crippen molar-refractivity contribution in [1.29, 1.82) is 0 Å². The van der Waals surface area contributed by atoms with Crippen molar-refractivity contribution < 1.29 is 4.79 Å². The number of hydrogen-bond acceptors (Lipinski definition) is 2. The number of amides is 1. The number of carbonyl (C=O) groups excluding carboxylic acids is 1. The average molecular weight is 280 g/mol. The third kappa shape index (κ3) is 3.36. The molecule has 0 aromatic carbocycles. The second kappa shape index (κ2) is 6.05. The lowest BCUT2D eigenvalue weighted by molar-refractivity contribution is -0.136. The van der Waals surface area contributed by atoms with Crippen LogP contribution in [0.4, 0.5) is 0 Å². The Hall–Kier alpha value is -0.570. The van der Waals surface area contributed by atoms with Gasteiger partial charge in [-0.05, 0) is 62.2 Å². The number of nitrogens with two attached hydrogens (primary N) is 1. The zero-order valence-electron chi connectivity index (χ0n) is 13.7. The van der Waals surface area contributed by atoms with Crippen molar-refractivity contribution in [3.8, 4) is 0 Å². The molecule has 2 fully saturated rings. The monoisotopic (exact) mass is 280 g/mol. The quantitative estimate of drug-likeness (QED) is 0.863. The summed E-state index contributed by atoms with van der Waals surface area (Å²) < 4.78 is 0. The maximum absolute atomic E-state index is 12.5. The molecule has 2 aliphatic carbocycles. The first-order valence-corrected chi connectivity index (χ1v) is 8.33. The van der Waals surface area contributed by atoms with Crippen molar-refractivity contribution in [2.75, 3.05) is 7.05 Å². The van der Waals surface area contributed by atoms with Crippen LogP contribution in [0.2, 0.25) is 0 Å². The fraction of sp³-hybridized carbons (Fsp3) is 0.941. The number of likely N-dealkylation sites (N-methyl/N-ethyl adjacent to an activating group) is 1. The molecule has 0 aromatic rings. The lowest BCUT2D eigenvalue weighted by Crippen LogP contribution is -2.52. The van der Waals surface area contributed by atoms with Gasteiger partial charge in [0.2, 0.25) is 5.91 Å². The van der Waals surface area contributed by atoms with Gasteiger partial charge in [0, 0.05) is 13.1 Å². The smallest absolute Gasteiger partial charge is 0.239 e. The Labute approximate surface area is 124 Å². The highest BCUT2D eigenvalue weighted by molar-refractivity contribution is 5.82. The molecule has 0 bridgehead atoms. The van der Waals surface area contributed by atoms with E-state index in [1.165, 1.54) is 19.3 Å². The van der Waals surface area contributed by atoms with Gasteiger partial charge in [-0.3, -0.25) is 4.79 Å². The van der Waals surface area contributed by atoms with Crippen molar-refractivity contribution >= 4 is 5.91 Å². The summed E-state index contributed by atoms with van der Waals surface area (Å²) in [4.78, 5) is 14.4. The highest BCUT2D eigenvalue weighted by atomic mass is 16.2. The van der Waals surface area contributed by atoms with E-state index in [0.29, 0.717) is 17.4 Å². The van der Waals surface area contributed by atoms with Crippen LogP contribution in [-0.4, -0.2) is 29.9 Å². The van der Waals surface area contributed by atoms with Crippen LogP contribution in [0, 0.1) is 17.3 Å². The van der Waals surface area contributed by atoms with Gasteiger partial charge < -0.3 is 10.6 Å². The molecule has 2 saturated carbocycles. The van der Waals surface area contributed by atoms with E-state index in [1.54, 1.807) is 0 Å². The maximum atomic E-state index is 12.5. The number of rotatable bonds is 3. The maximum Gasteiger partial charge on any atom is 0.239 e. The Morgan fingerprint density at radius 1 is 1.10 bits per heavy atom. The molecule has 2 N–H and O–H groups in total. The molecule has 0 spiro atoms. The van der Waals surface area contributed by atoms with Crippen LogP contribution < -0.4 is 5.73 Å². The van der Waals surface area contributed by atoms with Crippen LogP contribution in [-0.2, 0) is 4.79 Å². The predicted molar refractivity (Wildman–Crippen MR) is 83.3 cm³/mol. The molecular weight excluding hydrogens is 248 g/mol. The average Bonchev–Trinajstić information content (AvgIpc) is 2.34. The zero-order chi connectivity index (χ0) is 14.9. The molecule has 1 amide bonds. The molecule has 116 valence electrons. The zero-order valence-corrected chi connectivity index (χ0v) is 13.7. The number of carbonyl (C=O) groups is 1. The van der Waals surface area contributed by atoms with Gasteiger partial charge in [-0.25, -0.2) is 0 Å². The first-order chi connectivity index (χ1) is 9.30. The van der Waals surface area contributed by atoms with Gasteiger partial charge >= 0.3 is 0 Å². The summed E-state index contributed by atoms with van der Waals surface area (Å²) in [5.74, 6) is 1.35. The van der Waals surface area contributed by atoms with Crippen molar-refractivity contribution in [1.82, 2.24) is 4.90 Å². The summed E-state index contributed by atoms with van der Waals surface area (Å²) in [7, 11) is 1.94. The summed E-state index contributed by atoms with van der Waals surface area (Å²) in [5.41, 5.74) is 6.66. The van der Waals surface area contributed by atoms with E-state index < -0.39 is 0 Å². The Morgan fingerprint density at radius 3 is 2.05 bits per heavy atom. The van der Waals surface area contributed by atoms with E-state index >= 15 is 0 Å². The van der Waals surface area contributed by atoms with Crippen LogP contribution in [0.1, 0.15) is 65.7 Å². The fourth-order valence-corrected chi connectivity index (χ4v) is 3.74. The Bertz CT molecular complexity index is 335. The number of hydrogen-bond donors (Lipinski definition) is 1. The van der Waals surface area contributed by atoms with E-state index in [-0.39, 0.29) is 11.9 Å². The fourth-order valence-electron chi connectivity index (χ4n) is 3.74. The second-order valence-corrected chi connectivity index (χ2v) is 8.04. The first-order valence-electron chi connectivity index (χ1n) is 8.33. The van der Waals surface area contributed by atoms with Gasteiger partial charge in [-0.1, -0.05) is 20.8 Å². The molecule has 2 rings (SSSR count). The van der Waals surface area contributed by atoms with Gasteiger partial charge in [0.15, 0.2) is 0 Å². The Kier molecular flexibility index (Phi) is 4.78. The molecule has 0 radical (unpaired) electrons. The van der Waals surface area contributed by atoms with Crippen LogP contribution in [0.5, 0.6) is 0 Å². The first kappa shape index (κ1) is 15.8. The summed E-state index contributed by atoms with van der Waals surface area (Å²) in [6, 6.07) is 0.181.